The third kappa shape index (κ3) is 12.4. The third-order valence-electron chi connectivity index (χ3n) is 5.33. The first-order valence-electron chi connectivity index (χ1n) is 11.4. The van der Waals surface area contributed by atoms with Crippen molar-refractivity contribution in [2.75, 3.05) is 13.1 Å². The molecule has 1 unspecified atom stereocenters. The van der Waals surface area contributed by atoms with Gasteiger partial charge in [0.15, 0.2) is 0 Å². The first-order valence-corrected chi connectivity index (χ1v) is 11.4. The number of nitrogens with two attached hydrogens (primary N) is 1. The summed E-state index contributed by atoms with van der Waals surface area (Å²) in [6.07, 6.45) is 30.0. The van der Waals surface area contributed by atoms with E-state index in [0.717, 1.165) is 13.1 Å². The summed E-state index contributed by atoms with van der Waals surface area (Å²) >= 11 is 0. The molecule has 0 saturated heterocycles. The van der Waals surface area contributed by atoms with Gasteiger partial charge in [-0.25, -0.2) is 0 Å². The summed E-state index contributed by atoms with van der Waals surface area (Å²) in [6.45, 7) is 3.97. The van der Waals surface area contributed by atoms with Gasteiger partial charge in [-0.1, -0.05) is 76.9 Å². The summed E-state index contributed by atoms with van der Waals surface area (Å²) in [5, 5.41) is 3.42. The SMILES string of the molecule is CCCCCCCCCCC/C=C/CCCCCC1NC=CN1CCN. The molecule has 0 saturated carbocycles. The highest BCUT2D eigenvalue weighted by Gasteiger charge is 2.16. The van der Waals surface area contributed by atoms with Crippen molar-refractivity contribution in [1.29, 1.82) is 0 Å². The van der Waals surface area contributed by atoms with Crippen molar-refractivity contribution in [2.45, 2.75) is 109 Å². The van der Waals surface area contributed by atoms with Crippen LogP contribution in [0, 0.1) is 0 Å². The number of hydrogen-bond donors (Lipinski definition) is 2. The van der Waals surface area contributed by atoms with E-state index in [1.165, 1.54) is 96.3 Å². The van der Waals surface area contributed by atoms with E-state index in [1.807, 2.05) is 0 Å². The van der Waals surface area contributed by atoms with Gasteiger partial charge in [-0.05, 0) is 38.5 Å². The molecule has 0 aromatic carbocycles. The maximum absolute atomic E-state index is 5.65. The summed E-state index contributed by atoms with van der Waals surface area (Å²) in [6, 6.07) is 0. The quantitative estimate of drug-likeness (QED) is 0.229. The number of hydrogen-bond acceptors (Lipinski definition) is 3. The van der Waals surface area contributed by atoms with E-state index in [2.05, 4.69) is 41.7 Å². The fraction of sp³-hybridized carbons (Fsp3) is 0.826. The predicted octanol–water partition coefficient (Wildman–Crippen LogP) is 6.08. The molecule has 0 aliphatic carbocycles. The molecular formula is C23H45N3. The molecule has 0 aromatic rings. The lowest BCUT2D eigenvalue weighted by atomic mass is 10.1. The highest BCUT2D eigenvalue weighted by Crippen LogP contribution is 2.14. The predicted molar refractivity (Wildman–Crippen MR) is 116 cm³/mol. The minimum absolute atomic E-state index is 0.473. The number of unbranched alkanes of at least 4 members (excludes halogenated alkanes) is 12. The molecule has 3 heteroatoms. The molecule has 0 spiro atoms. The number of allylic oxidation sites excluding steroid dienone is 2. The molecule has 1 aliphatic rings. The second-order valence-corrected chi connectivity index (χ2v) is 7.75. The second-order valence-electron chi connectivity index (χ2n) is 7.75. The van der Waals surface area contributed by atoms with Gasteiger partial charge in [-0.3, -0.25) is 0 Å². The number of nitrogens with zero attached hydrogens (tertiary/aromatic N) is 1. The van der Waals surface area contributed by atoms with Gasteiger partial charge in [0.25, 0.3) is 0 Å². The van der Waals surface area contributed by atoms with Gasteiger partial charge in [0.05, 0.1) is 6.17 Å². The van der Waals surface area contributed by atoms with Crippen LogP contribution in [0.1, 0.15) is 103 Å². The van der Waals surface area contributed by atoms with Crippen molar-refractivity contribution < 1.29 is 0 Å². The normalized spacial score (nSPS) is 16.7. The van der Waals surface area contributed by atoms with Crippen molar-refractivity contribution in [3.8, 4) is 0 Å². The van der Waals surface area contributed by atoms with Crippen LogP contribution in [-0.4, -0.2) is 24.2 Å². The number of nitrogens with one attached hydrogen (secondary N) is 1. The molecule has 0 amide bonds. The summed E-state index contributed by atoms with van der Waals surface area (Å²) in [5.41, 5.74) is 5.65. The molecular weight excluding hydrogens is 318 g/mol. The first-order chi connectivity index (χ1) is 12.9. The average Bonchev–Trinajstić information content (AvgIpc) is 3.09. The van der Waals surface area contributed by atoms with Crippen LogP contribution in [0.5, 0.6) is 0 Å². The van der Waals surface area contributed by atoms with Gasteiger partial charge in [-0.15, -0.1) is 0 Å². The fourth-order valence-electron chi connectivity index (χ4n) is 3.66. The molecule has 1 heterocycles. The van der Waals surface area contributed by atoms with Gasteiger partial charge < -0.3 is 16.0 Å². The minimum Gasteiger partial charge on any atom is -0.370 e. The van der Waals surface area contributed by atoms with Gasteiger partial charge >= 0.3 is 0 Å². The Kier molecular flexibility index (Phi) is 15.5. The molecule has 0 bridgehead atoms. The monoisotopic (exact) mass is 363 g/mol. The smallest absolute Gasteiger partial charge is 0.0981 e. The Morgan fingerprint density at radius 2 is 1.42 bits per heavy atom. The zero-order valence-electron chi connectivity index (χ0n) is 17.4. The number of rotatable bonds is 18. The Labute approximate surface area is 163 Å². The van der Waals surface area contributed by atoms with Crippen molar-refractivity contribution >= 4 is 0 Å². The summed E-state index contributed by atoms with van der Waals surface area (Å²) in [5.74, 6) is 0. The average molecular weight is 364 g/mol. The molecule has 3 nitrogen and oxygen atoms in total. The van der Waals surface area contributed by atoms with Crippen LogP contribution >= 0.6 is 0 Å². The standard InChI is InChI=1S/C23H45N3/c1-2-3-4-5-6-7-8-9-10-11-12-13-14-15-16-17-18-23-25-20-22-26(23)21-19-24/h12-13,20,22-23,25H,2-11,14-19,21,24H2,1H3/b13-12+. The molecule has 0 radical (unpaired) electrons. The molecule has 0 aromatic heterocycles. The van der Waals surface area contributed by atoms with E-state index in [0.29, 0.717) is 6.17 Å². The van der Waals surface area contributed by atoms with Crippen LogP contribution in [-0.2, 0) is 0 Å². The Balaban J connectivity index is 1.80. The molecule has 152 valence electrons. The Hall–Kier alpha value is -0.960. The van der Waals surface area contributed by atoms with E-state index < -0.39 is 0 Å². The van der Waals surface area contributed by atoms with Crippen molar-refractivity contribution in [3.63, 3.8) is 0 Å². The third-order valence-corrected chi connectivity index (χ3v) is 5.33. The zero-order chi connectivity index (χ0) is 18.7. The summed E-state index contributed by atoms with van der Waals surface area (Å²) in [7, 11) is 0. The molecule has 3 N–H and O–H groups in total. The highest BCUT2D eigenvalue weighted by atomic mass is 15.3. The van der Waals surface area contributed by atoms with E-state index >= 15 is 0 Å². The summed E-state index contributed by atoms with van der Waals surface area (Å²) < 4.78 is 0. The second kappa shape index (κ2) is 17.5. The van der Waals surface area contributed by atoms with Gasteiger partial charge in [0.2, 0.25) is 0 Å². The Bertz CT molecular complexity index is 351. The lowest BCUT2D eigenvalue weighted by molar-refractivity contribution is 0.264. The molecule has 1 aliphatic heterocycles. The van der Waals surface area contributed by atoms with Crippen LogP contribution in [0.3, 0.4) is 0 Å². The van der Waals surface area contributed by atoms with E-state index in [-0.39, 0.29) is 0 Å². The minimum atomic E-state index is 0.473. The maximum atomic E-state index is 5.65. The zero-order valence-corrected chi connectivity index (χ0v) is 17.4. The molecule has 0 fully saturated rings. The van der Waals surface area contributed by atoms with Crippen LogP contribution in [0.25, 0.3) is 0 Å². The van der Waals surface area contributed by atoms with Crippen LogP contribution in [0.4, 0.5) is 0 Å². The van der Waals surface area contributed by atoms with Gasteiger partial charge in [-0.2, -0.15) is 0 Å². The highest BCUT2D eigenvalue weighted by molar-refractivity contribution is 4.94. The van der Waals surface area contributed by atoms with Gasteiger partial charge in [0.1, 0.15) is 0 Å². The Morgan fingerprint density at radius 1 is 0.846 bits per heavy atom. The summed E-state index contributed by atoms with van der Waals surface area (Å²) in [4.78, 5) is 2.32. The van der Waals surface area contributed by atoms with Crippen LogP contribution < -0.4 is 11.1 Å². The largest absolute Gasteiger partial charge is 0.370 e. The van der Waals surface area contributed by atoms with Crippen LogP contribution in [0.2, 0.25) is 0 Å². The fourth-order valence-corrected chi connectivity index (χ4v) is 3.66. The van der Waals surface area contributed by atoms with Crippen LogP contribution in [0.15, 0.2) is 24.6 Å². The van der Waals surface area contributed by atoms with E-state index in [1.54, 1.807) is 0 Å². The molecule has 26 heavy (non-hydrogen) atoms. The molecule has 1 rings (SSSR count). The lowest BCUT2D eigenvalue weighted by Gasteiger charge is -2.24. The van der Waals surface area contributed by atoms with Crippen molar-refractivity contribution in [3.05, 3.63) is 24.6 Å². The van der Waals surface area contributed by atoms with E-state index in [4.69, 9.17) is 5.73 Å². The van der Waals surface area contributed by atoms with Crippen molar-refractivity contribution in [1.82, 2.24) is 10.2 Å². The molecule has 1 atom stereocenters. The van der Waals surface area contributed by atoms with Gasteiger partial charge in [0, 0.05) is 25.5 Å². The lowest BCUT2D eigenvalue weighted by Crippen LogP contribution is -2.37. The topological polar surface area (TPSA) is 41.3 Å². The first kappa shape index (κ1) is 23.1. The Morgan fingerprint density at radius 3 is 2.04 bits per heavy atom. The van der Waals surface area contributed by atoms with E-state index in [9.17, 15) is 0 Å². The maximum Gasteiger partial charge on any atom is 0.0981 e. The van der Waals surface area contributed by atoms with Crippen molar-refractivity contribution in [2.24, 2.45) is 5.73 Å².